The van der Waals surface area contributed by atoms with Gasteiger partial charge < -0.3 is 52.2 Å². The second kappa shape index (κ2) is 21.7. The predicted molar refractivity (Wildman–Crippen MR) is 230 cm³/mol. The molecule has 22 nitrogen and oxygen atoms in total. The molecular weight excluding hydrogens is 857 g/mol. The summed E-state index contributed by atoms with van der Waals surface area (Å²) in [4.78, 5) is 129. The Morgan fingerprint density at radius 1 is 0.812 bits per heavy atom. The number of phosphoric ester groups is 1. The van der Waals surface area contributed by atoms with Crippen LogP contribution in [0.1, 0.15) is 86.1 Å². The van der Waals surface area contributed by atoms with Crippen LogP contribution < -0.4 is 42.2 Å². The van der Waals surface area contributed by atoms with Crippen LogP contribution in [-0.4, -0.2) is 146 Å². The van der Waals surface area contributed by atoms with Crippen molar-refractivity contribution in [3.05, 3.63) is 29.8 Å². The number of nitrogens with zero attached hydrogens (tertiary/aromatic N) is 2. The van der Waals surface area contributed by atoms with Crippen LogP contribution in [0.15, 0.2) is 24.3 Å². The number of hydrogen-bond donors (Lipinski definition) is 10. The molecule has 4 rings (SSSR count). The highest BCUT2D eigenvalue weighted by molar-refractivity contribution is 7.46. The third-order valence-electron chi connectivity index (χ3n) is 11.1. The van der Waals surface area contributed by atoms with E-state index < -0.39 is 115 Å². The van der Waals surface area contributed by atoms with Gasteiger partial charge in [0.25, 0.3) is 0 Å². The maximum absolute atomic E-state index is 14.3. The SMILES string of the molecule is CC(C)[C@H](NC(=O)[C@H](Cc1ccc(OP(=O)(O)O)cc1)NC(=O)[C@@H]1CCCN1C(C(=O)NC(C)(C)C)[C@@H]1CN1)C(=O)N[C@@H](CC(N)=O)C(=O)N[C@H](C(=O)N1CCC[C@H]1C(=O)O)C(C)C. The van der Waals surface area contributed by atoms with E-state index in [0.29, 0.717) is 37.9 Å². The zero-order valence-electron chi connectivity index (χ0n) is 37.3. The lowest BCUT2D eigenvalue weighted by molar-refractivity contribution is -0.150. The van der Waals surface area contributed by atoms with Gasteiger partial charge in [-0.15, -0.1) is 0 Å². The third kappa shape index (κ3) is 14.7. The van der Waals surface area contributed by atoms with Crippen molar-refractivity contribution in [1.82, 2.24) is 41.7 Å². The Morgan fingerprint density at radius 2 is 1.38 bits per heavy atom. The Labute approximate surface area is 372 Å². The fourth-order valence-electron chi connectivity index (χ4n) is 7.93. The molecule has 11 N–H and O–H groups in total. The molecular formula is C41H64N9O13P. The lowest BCUT2D eigenvalue weighted by atomic mass is 9.99. The highest BCUT2D eigenvalue weighted by atomic mass is 31.2. The van der Waals surface area contributed by atoms with Crippen molar-refractivity contribution in [2.24, 2.45) is 17.6 Å². The van der Waals surface area contributed by atoms with Gasteiger partial charge in [0.05, 0.1) is 12.5 Å². The summed E-state index contributed by atoms with van der Waals surface area (Å²) in [5.74, 6) is -7.64. The van der Waals surface area contributed by atoms with Gasteiger partial charge in [-0.25, -0.2) is 9.36 Å². The molecule has 64 heavy (non-hydrogen) atoms. The molecule has 3 aliphatic heterocycles. The Hall–Kier alpha value is -5.15. The summed E-state index contributed by atoms with van der Waals surface area (Å²) in [5.41, 5.74) is 5.35. The first-order chi connectivity index (χ1) is 29.8. The van der Waals surface area contributed by atoms with Crippen LogP contribution in [-0.2, 0) is 49.3 Å². The molecule has 3 fully saturated rings. The average molecular weight is 922 g/mol. The number of primary amides is 1. The van der Waals surface area contributed by atoms with E-state index in [4.69, 9.17) is 5.73 Å². The number of likely N-dealkylation sites (tertiary alicyclic amines) is 2. The van der Waals surface area contributed by atoms with Crippen LogP contribution in [0, 0.1) is 11.8 Å². The van der Waals surface area contributed by atoms with Crippen LogP contribution in [0.4, 0.5) is 0 Å². The zero-order chi connectivity index (χ0) is 47.8. The van der Waals surface area contributed by atoms with Gasteiger partial charge in [-0.2, -0.15) is 0 Å². The van der Waals surface area contributed by atoms with E-state index in [2.05, 4.69) is 36.4 Å². The number of amides is 7. The van der Waals surface area contributed by atoms with E-state index in [9.17, 15) is 57.8 Å². The molecule has 0 aromatic heterocycles. The van der Waals surface area contributed by atoms with Crippen molar-refractivity contribution in [3.8, 4) is 5.75 Å². The molecule has 0 radical (unpaired) electrons. The van der Waals surface area contributed by atoms with E-state index in [-0.39, 0.29) is 37.1 Å². The van der Waals surface area contributed by atoms with Gasteiger partial charge >= 0.3 is 13.8 Å². The van der Waals surface area contributed by atoms with Crippen molar-refractivity contribution in [2.45, 2.75) is 141 Å². The van der Waals surface area contributed by atoms with E-state index in [0.717, 1.165) is 0 Å². The number of carbonyl (C=O) groups excluding carboxylic acids is 7. The van der Waals surface area contributed by atoms with Gasteiger partial charge in [0.2, 0.25) is 41.4 Å². The number of aliphatic carboxylic acids is 1. The summed E-state index contributed by atoms with van der Waals surface area (Å²) in [6, 6.07) is -2.92. The zero-order valence-corrected chi connectivity index (χ0v) is 38.2. The van der Waals surface area contributed by atoms with E-state index in [1.54, 1.807) is 27.7 Å². The molecule has 1 aromatic carbocycles. The minimum atomic E-state index is -4.88. The number of carboxylic acid groups (broad SMARTS) is 1. The molecule has 356 valence electrons. The van der Waals surface area contributed by atoms with Crippen molar-refractivity contribution in [3.63, 3.8) is 0 Å². The largest absolute Gasteiger partial charge is 0.524 e. The quantitative estimate of drug-likeness (QED) is 0.0502. The Kier molecular flexibility index (Phi) is 17.4. The van der Waals surface area contributed by atoms with Crippen LogP contribution in [0.5, 0.6) is 5.75 Å². The van der Waals surface area contributed by atoms with E-state index >= 15 is 0 Å². The highest BCUT2D eigenvalue weighted by Crippen LogP contribution is 2.37. The molecule has 0 aliphatic carbocycles. The van der Waals surface area contributed by atoms with Gasteiger partial charge in [-0.3, -0.25) is 48.2 Å². The summed E-state index contributed by atoms with van der Waals surface area (Å²) in [7, 11) is -4.88. The monoisotopic (exact) mass is 921 g/mol. The van der Waals surface area contributed by atoms with Crippen molar-refractivity contribution >= 4 is 55.1 Å². The number of benzene rings is 1. The molecule has 1 unspecified atom stereocenters. The molecule has 0 saturated carbocycles. The summed E-state index contributed by atoms with van der Waals surface area (Å²) < 4.78 is 16.0. The fraction of sp³-hybridized carbons (Fsp3) is 0.659. The highest BCUT2D eigenvalue weighted by Gasteiger charge is 2.47. The lowest BCUT2D eigenvalue weighted by Crippen LogP contribution is -2.62. The third-order valence-corrected chi connectivity index (χ3v) is 11.5. The van der Waals surface area contributed by atoms with Crippen LogP contribution in [0.25, 0.3) is 0 Å². The van der Waals surface area contributed by atoms with Crippen molar-refractivity contribution in [1.29, 1.82) is 0 Å². The van der Waals surface area contributed by atoms with Gasteiger partial charge in [0.15, 0.2) is 0 Å². The van der Waals surface area contributed by atoms with Gasteiger partial charge in [-0.05, 0) is 82.5 Å². The maximum atomic E-state index is 14.3. The van der Waals surface area contributed by atoms with Gasteiger partial charge in [0.1, 0.15) is 42.0 Å². The van der Waals surface area contributed by atoms with Crippen molar-refractivity contribution in [2.75, 3.05) is 19.6 Å². The number of nitrogens with two attached hydrogens (primary N) is 1. The first-order valence-corrected chi connectivity index (χ1v) is 23.0. The molecule has 3 saturated heterocycles. The number of hydrogen-bond acceptors (Lipinski definition) is 12. The molecule has 8 atom stereocenters. The summed E-state index contributed by atoms with van der Waals surface area (Å²) in [6.07, 6.45) is 0.778. The molecule has 3 aliphatic rings. The number of rotatable bonds is 21. The average Bonchev–Trinajstić information content (AvgIpc) is 3.65. The molecule has 3 heterocycles. The molecule has 0 spiro atoms. The Bertz CT molecular complexity index is 1950. The van der Waals surface area contributed by atoms with E-state index in [1.807, 2.05) is 25.7 Å². The molecule has 1 aromatic rings. The first-order valence-electron chi connectivity index (χ1n) is 21.4. The number of nitrogens with one attached hydrogen (secondary N) is 6. The minimum absolute atomic E-state index is 0.160. The topological polar surface area (TPSA) is 338 Å². The smallest absolute Gasteiger partial charge is 0.480 e. The van der Waals surface area contributed by atoms with Crippen LogP contribution in [0.2, 0.25) is 0 Å². The lowest BCUT2D eigenvalue weighted by Gasteiger charge is -2.34. The minimum Gasteiger partial charge on any atom is -0.480 e. The molecule has 7 amide bonds. The number of carbonyl (C=O) groups is 8. The van der Waals surface area contributed by atoms with Crippen molar-refractivity contribution < 1.29 is 62.3 Å². The van der Waals surface area contributed by atoms with Crippen LogP contribution in [0.3, 0.4) is 0 Å². The maximum Gasteiger partial charge on any atom is 0.524 e. The Morgan fingerprint density at radius 3 is 1.91 bits per heavy atom. The summed E-state index contributed by atoms with van der Waals surface area (Å²) in [6.45, 7) is 13.2. The predicted octanol–water partition coefficient (Wildman–Crippen LogP) is -1.38. The Balaban J connectivity index is 1.57. The van der Waals surface area contributed by atoms with Gasteiger partial charge in [0, 0.05) is 31.1 Å². The summed E-state index contributed by atoms with van der Waals surface area (Å²) >= 11 is 0. The molecule has 0 bridgehead atoms. The van der Waals surface area contributed by atoms with E-state index in [1.165, 1.54) is 29.2 Å². The standard InChI is InChI=1S/C41H64N9O13P/c1-21(2)31(37(55)45-26(19-30(42)51)35(53)47-32(22(3)4)39(57)50-17-9-11-29(50)40(58)59)46-34(52)25(18-23-12-14-24(15-13-23)63-64(60,61)62)44-36(54)28-10-8-16-49(28)33(27-20-43-27)38(56)48-41(5,6)7/h12-15,21-22,25-29,31-33,43H,8-11,16-20H2,1-7H3,(H2,42,51)(H,44,54)(H,45,55)(H,46,52)(H,47,53)(H,48,56)(H,58,59)(H2,60,61,62)/t25-,26-,27-,28-,29-,31-,32-,33?/m0/s1. The van der Waals surface area contributed by atoms with Gasteiger partial charge in [-0.1, -0.05) is 39.8 Å². The first kappa shape index (κ1) is 51.5. The second-order valence-corrected chi connectivity index (χ2v) is 19.5. The number of carboxylic acids is 1. The summed E-state index contributed by atoms with van der Waals surface area (Å²) in [5, 5.41) is 26.3. The molecule has 23 heteroatoms. The second-order valence-electron chi connectivity index (χ2n) is 18.3. The normalized spacial score (nSPS) is 21.2. The van der Waals surface area contributed by atoms with Crippen LogP contribution >= 0.6 is 7.82 Å². The number of phosphoric acid groups is 1. The fourth-order valence-corrected chi connectivity index (χ4v) is 8.33.